The third kappa shape index (κ3) is 1.82. The van der Waals surface area contributed by atoms with E-state index in [9.17, 15) is 0 Å². The maximum absolute atomic E-state index is 7.56. The molecular weight excluding hydrogens is 133 g/mol. The van der Waals surface area contributed by atoms with E-state index >= 15 is 0 Å². The fraction of sp³-hybridized carbons (Fsp3) is 0.444. The van der Waals surface area contributed by atoms with Gasteiger partial charge >= 0.3 is 0 Å². The molecule has 2 heteroatoms. The Labute approximate surface area is 69.1 Å². The molecule has 0 saturated carbocycles. The van der Waals surface area contributed by atoms with Gasteiger partial charge in [-0.05, 0) is 13.3 Å². The zero-order chi connectivity index (χ0) is 8.27. The summed E-state index contributed by atoms with van der Waals surface area (Å²) in [5.41, 5.74) is 1.89. The SMILES string of the molecule is [B]CC(=N)C1CC=CC=C1C. The van der Waals surface area contributed by atoms with Crippen LogP contribution in [0.25, 0.3) is 0 Å². The van der Waals surface area contributed by atoms with Gasteiger partial charge in [0.25, 0.3) is 0 Å². The summed E-state index contributed by atoms with van der Waals surface area (Å²) < 4.78 is 0. The molecule has 0 aliphatic heterocycles. The summed E-state index contributed by atoms with van der Waals surface area (Å²) in [4.78, 5) is 0. The monoisotopic (exact) mass is 145 g/mol. The van der Waals surface area contributed by atoms with E-state index in [1.165, 1.54) is 5.57 Å². The smallest absolute Gasteiger partial charge is 0.0733 e. The lowest BCUT2D eigenvalue weighted by Crippen LogP contribution is -2.15. The van der Waals surface area contributed by atoms with E-state index in [0.717, 1.165) is 6.42 Å². The van der Waals surface area contributed by atoms with E-state index < -0.39 is 0 Å². The topological polar surface area (TPSA) is 23.9 Å². The molecule has 0 bridgehead atoms. The Morgan fingerprint density at radius 3 is 3.09 bits per heavy atom. The van der Waals surface area contributed by atoms with Gasteiger partial charge in [-0.15, -0.1) is 0 Å². The molecular formula is C9H12BN. The van der Waals surface area contributed by atoms with Crippen molar-refractivity contribution in [3.8, 4) is 0 Å². The van der Waals surface area contributed by atoms with Crippen LogP contribution < -0.4 is 0 Å². The second kappa shape index (κ2) is 3.56. The number of hydrogen-bond donors (Lipinski definition) is 1. The molecule has 1 atom stereocenters. The fourth-order valence-corrected chi connectivity index (χ4v) is 1.30. The second-order valence-electron chi connectivity index (χ2n) is 2.86. The van der Waals surface area contributed by atoms with Gasteiger partial charge in [0.2, 0.25) is 0 Å². The van der Waals surface area contributed by atoms with Crippen molar-refractivity contribution in [3.05, 3.63) is 23.8 Å². The second-order valence-corrected chi connectivity index (χ2v) is 2.86. The zero-order valence-electron chi connectivity index (χ0n) is 6.80. The predicted octanol–water partition coefficient (Wildman–Crippen LogP) is 2.12. The first kappa shape index (κ1) is 8.31. The summed E-state index contributed by atoms with van der Waals surface area (Å²) in [6.45, 7) is 2.05. The third-order valence-corrected chi connectivity index (χ3v) is 2.06. The van der Waals surface area contributed by atoms with Crippen molar-refractivity contribution in [2.24, 2.45) is 5.92 Å². The first-order valence-corrected chi connectivity index (χ1v) is 3.86. The molecule has 1 nitrogen and oxygen atoms in total. The van der Waals surface area contributed by atoms with Gasteiger partial charge in [0.15, 0.2) is 0 Å². The molecule has 0 aromatic rings. The summed E-state index contributed by atoms with van der Waals surface area (Å²) in [6, 6.07) is 0. The van der Waals surface area contributed by atoms with Crippen LogP contribution in [0.4, 0.5) is 0 Å². The van der Waals surface area contributed by atoms with Gasteiger partial charge < -0.3 is 5.41 Å². The van der Waals surface area contributed by atoms with Gasteiger partial charge in [-0.1, -0.05) is 30.1 Å². The van der Waals surface area contributed by atoms with Crippen molar-refractivity contribution < 1.29 is 0 Å². The average Bonchev–Trinajstić information content (AvgIpc) is 2.04. The van der Waals surface area contributed by atoms with Crippen LogP contribution in [0.5, 0.6) is 0 Å². The number of nitrogens with one attached hydrogen (secondary N) is 1. The van der Waals surface area contributed by atoms with Crippen molar-refractivity contribution in [2.45, 2.75) is 19.7 Å². The lowest BCUT2D eigenvalue weighted by atomic mass is 9.83. The van der Waals surface area contributed by atoms with Gasteiger partial charge in [-0.3, -0.25) is 0 Å². The lowest BCUT2D eigenvalue weighted by Gasteiger charge is -2.18. The Kier molecular flexibility index (Phi) is 2.69. The molecule has 11 heavy (non-hydrogen) atoms. The van der Waals surface area contributed by atoms with Crippen molar-refractivity contribution in [3.63, 3.8) is 0 Å². The highest BCUT2D eigenvalue weighted by Gasteiger charge is 2.14. The Morgan fingerprint density at radius 2 is 2.55 bits per heavy atom. The number of allylic oxidation sites excluding steroid dienone is 4. The molecule has 0 amide bonds. The van der Waals surface area contributed by atoms with Crippen LogP contribution in [0, 0.1) is 11.3 Å². The Morgan fingerprint density at radius 1 is 1.82 bits per heavy atom. The van der Waals surface area contributed by atoms with Gasteiger partial charge in [0.1, 0.15) is 0 Å². The summed E-state index contributed by atoms with van der Waals surface area (Å²) in [5.74, 6) is 0.269. The molecule has 0 aromatic heterocycles. The quantitative estimate of drug-likeness (QED) is 0.454. The molecule has 1 aliphatic carbocycles. The van der Waals surface area contributed by atoms with E-state index in [-0.39, 0.29) is 5.92 Å². The fourth-order valence-electron chi connectivity index (χ4n) is 1.30. The number of hydrogen-bond acceptors (Lipinski definition) is 1. The third-order valence-electron chi connectivity index (χ3n) is 2.06. The van der Waals surface area contributed by atoms with Gasteiger partial charge in [-0.2, -0.15) is 0 Å². The molecule has 1 rings (SSSR count). The maximum atomic E-state index is 7.56. The minimum atomic E-state index is 0.269. The molecule has 1 aliphatic rings. The molecule has 1 unspecified atom stereocenters. The largest absolute Gasteiger partial charge is 0.310 e. The average molecular weight is 145 g/mol. The summed E-state index contributed by atoms with van der Waals surface area (Å²) in [7, 11) is 5.39. The molecule has 56 valence electrons. The molecule has 0 aromatic carbocycles. The standard InChI is InChI=1S/C9H12BN/c1-7-4-2-3-5-8(7)9(11)6-10/h2-4,8,11H,5-6H2,1H3. The van der Waals surface area contributed by atoms with Crippen LogP contribution in [0.3, 0.4) is 0 Å². The van der Waals surface area contributed by atoms with Gasteiger partial charge in [0.05, 0.1) is 7.85 Å². The Bertz CT molecular complexity index is 216. The molecule has 0 saturated heterocycles. The summed E-state index contributed by atoms with van der Waals surface area (Å²) >= 11 is 0. The first-order chi connectivity index (χ1) is 5.25. The van der Waals surface area contributed by atoms with Crippen LogP contribution in [-0.4, -0.2) is 13.6 Å². The van der Waals surface area contributed by atoms with Crippen molar-refractivity contribution in [1.29, 1.82) is 5.41 Å². The lowest BCUT2D eigenvalue weighted by molar-refractivity contribution is 0.798. The zero-order valence-corrected chi connectivity index (χ0v) is 6.80. The van der Waals surface area contributed by atoms with E-state index in [2.05, 4.69) is 19.1 Å². The summed E-state index contributed by atoms with van der Waals surface area (Å²) in [5, 5.41) is 7.56. The molecule has 2 radical (unpaired) electrons. The van der Waals surface area contributed by atoms with E-state index in [1.54, 1.807) is 0 Å². The van der Waals surface area contributed by atoms with E-state index in [0.29, 0.717) is 12.0 Å². The Hall–Kier alpha value is -0.785. The Balaban J connectivity index is 2.68. The van der Waals surface area contributed by atoms with Crippen LogP contribution in [0.2, 0.25) is 6.32 Å². The van der Waals surface area contributed by atoms with Gasteiger partial charge in [0, 0.05) is 11.6 Å². The minimum absolute atomic E-state index is 0.269. The van der Waals surface area contributed by atoms with E-state index in [1.807, 2.05) is 6.08 Å². The first-order valence-electron chi connectivity index (χ1n) is 3.86. The molecule has 0 fully saturated rings. The highest BCUT2D eigenvalue weighted by molar-refractivity contribution is 6.21. The van der Waals surface area contributed by atoms with Crippen molar-refractivity contribution in [2.75, 3.05) is 0 Å². The normalized spacial score (nSPS) is 23.0. The minimum Gasteiger partial charge on any atom is -0.310 e. The predicted molar refractivity (Wildman–Crippen MR) is 49.3 cm³/mol. The molecule has 0 heterocycles. The van der Waals surface area contributed by atoms with Gasteiger partial charge in [-0.25, -0.2) is 0 Å². The summed E-state index contributed by atoms with van der Waals surface area (Å²) in [6.07, 6.45) is 7.50. The van der Waals surface area contributed by atoms with Crippen LogP contribution in [0.15, 0.2) is 23.8 Å². The highest BCUT2D eigenvalue weighted by atomic mass is 14.4. The molecule has 1 N–H and O–H groups in total. The van der Waals surface area contributed by atoms with Crippen molar-refractivity contribution >= 4 is 13.6 Å². The van der Waals surface area contributed by atoms with Crippen LogP contribution in [0.1, 0.15) is 13.3 Å². The van der Waals surface area contributed by atoms with Crippen LogP contribution in [-0.2, 0) is 0 Å². The molecule has 0 spiro atoms. The highest BCUT2D eigenvalue weighted by Crippen LogP contribution is 2.21. The van der Waals surface area contributed by atoms with Crippen LogP contribution >= 0.6 is 0 Å². The van der Waals surface area contributed by atoms with Crippen molar-refractivity contribution in [1.82, 2.24) is 0 Å². The maximum Gasteiger partial charge on any atom is 0.0733 e. The number of rotatable bonds is 2. The van der Waals surface area contributed by atoms with E-state index in [4.69, 9.17) is 13.3 Å².